The zero-order valence-electron chi connectivity index (χ0n) is 8.32. The molecule has 0 atom stereocenters. The minimum atomic E-state index is 0.448. The van der Waals surface area contributed by atoms with E-state index < -0.39 is 0 Å². The molecule has 0 aliphatic heterocycles. The summed E-state index contributed by atoms with van der Waals surface area (Å²) in [5.41, 5.74) is 1.26. The maximum Gasteiger partial charge on any atom is 0.119 e. The van der Waals surface area contributed by atoms with E-state index >= 15 is 0 Å². The van der Waals surface area contributed by atoms with Gasteiger partial charge in [-0.3, -0.25) is 0 Å². The summed E-state index contributed by atoms with van der Waals surface area (Å²) < 4.78 is 10.2. The van der Waals surface area contributed by atoms with Gasteiger partial charge in [0.1, 0.15) is 18.0 Å². The number of aryl methyl sites for hydroxylation is 1. The van der Waals surface area contributed by atoms with Crippen LogP contribution in [0.3, 0.4) is 0 Å². The standard InChI is InChI=1S/C10H13NO3/c1-8-7-9(14-6-5-13-2)3-4-10(8)11-12/h3-4,7H,5-6H2,1-2H3. The Morgan fingerprint density at radius 2 is 2.14 bits per heavy atom. The average molecular weight is 195 g/mol. The summed E-state index contributed by atoms with van der Waals surface area (Å²) in [5.74, 6) is 0.729. The Hall–Kier alpha value is -1.42. The van der Waals surface area contributed by atoms with E-state index in [1.807, 2.05) is 6.92 Å². The molecular formula is C10H13NO3. The van der Waals surface area contributed by atoms with Gasteiger partial charge >= 0.3 is 0 Å². The Labute approximate surface area is 82.8 Å². The van der Waals surface area contributed by atoms with Crippen molar-refractivity contribution >= 4 is 5.69 Å². The highest BCUT2D eigenvalue weighted by atomic mass is 16.5. The second-order valence-electron chi connectivity index (χ2n) is 2.88. The first-order valence-corrected chi connectivity index (χ1v) is 4.33. The van der Waals surface area contributed by atoms with Gasteiger partial charge in [-0.05, 0) is 35.9 Å². The fourth-order valence-electron chi connectivity index (χ4n) is 1.06. The van der Waals surface area contributed by atoms with Crippen molar-refractivity contribution in [1.82, 2.24) is 0 Å². The number of methoxy groups -OCH3 is 1. The predicted molar refractivity (Wildman–Crippen MR) is 54.0 cm³/mol. The van der Waals surface area contributed by atoms with Gasteiger partial charge in [0.15, 0.2) is 0 Å². The number of ether oxygens (including phenoxy) is 2. The van der Waals surface area contributed by atoms with Gasteiger partial charge in [0.2, 0.25) is 0 Å². The fourth-order valence-corrected chi connectivity index (χ4v) is 1.06. The van der Waals surface area contributed by atoms with Crippen molar-refractivity contribution in [2.75, 3.05) is 20.3 Å². The SMILES string of the molecule is COCCOc1ccc(N=O)c(C)c1. The van der Waals surface area contributed by atoms with Crippen molar-refractivity contribution in [2.45, 2.75) is 6.92 Å². The predicted octanol–water partition coefficient (Wildman–Crippen LogP) is 2.42. The molecule has 0 N–H and O–H groups in total. The van der Waals surface area contributed by atoms with Gasteiger partial charge in [0.25, 0.3) is 0 Å². The van der Waals surface area contributed by atoms with Crippen LogP contribution in [0.2, 0.25) is 0 Å². The zero-order valence-corrected chi connectivity index (χ0v) is 8.32. The van der Waals surface area contributed by atoms with Crippen molar-refractivity contribution in [3.05, 3.63) is 28.7 Å². The summed E-state index contributed by atoms with van der Waals surface area (Å²) in [5, 5.41) is 2.88. The molecule has 4 nitrogen and oxygen atoms in total. The van der Waals surface area contributed by atoms with Crippen molar-refractivity contribution in [3.8, 4) is 5.75 Å². The number of hydrogen-bond acceptors (Lipinski definition) is 4. The minimum Gasteiger partial charge on any atom is -0.491 e. The molecule has 0 aliphatic rings. The number of hydrogen-bond donors (Lipinski definition) is 0. The summed E-state index contributed by atoms with van der Waals surface area (Å²) in [6.07, 6.45) is 0. The van der Waals surface area contributed by atoms with Crippen molar-refractivity contribution in [3.63, 3.8) is 0 Å². The lowest BCUT2D eigenvalue weighted by molar-refractivity contribution is 0.146. The van der Waals surface area contributed by atoms with Crippen LogP contribution < -0.4 is 4.74 Å². The van der Waals surface area contributed by atoms with E-state index in [4.69, 9.17) is 9.47 Å². The molecule has 0 radical (unpaired) electrons. The molecule has 0 amide bonds. The lowest BCUT2D eigenvalue weighted by Crippen LogP contribution is -2.04. The van der Waals surface area contributed by atoms with Crippen LogP contribution in [-0.4, -0.2) is 20.3 Å². The monoisotopic (exact) mass is 195 g/mol. The van der Waals surface area contributed by atoms with E-state index in [0.717, 1.165) is 11.3 Å². The zero-order chi connectivity index (χ0) is 10.4. The number of nitrogens with zero attached hydrogens (tertiary/aromatic N) is 1. The van der Waals surface area contributed by atoms with Gasteiger partial charge in [-0.2, -0.15) is 0 Å². The third-order valence-electron chi connectivity index (χ3n) is 1.82. The van der Waals surface area contributed by atoms with Crippen LogP contribution in [-0.2, 0) is 4.74 Å². The van der Waals surface area contributed by atoms with Gasteiger partial charge < -0.3 is 9.47 Å². The first-order chi connectivity index (χ1) is 6.77. The smallest absolute Gasteiger partial charge is 0.119 e. The van der Waals surface area contributed by atoms with Crippen LogP contribution in [0.4, 0.5) is 5.69 Å². The Morgan fingerprint density at radius 3 is 2.71 bits per heavy atom. The molecule has 0 heterocycles. The molecule has 0 spiro atoms. The van der Waals surface area contributed by atoms with Gasteiger partial charge in [0, 0.05) is 7.11 Å². The highest BCUT2D eigenvalue weighted by Crippen LogP contribution is 2.23. The van der Waals surface area contributed by atoms with E-state index in [1.54, 1.807) is 25.3 Å². The van der Waals surface area contributed by atoms with Gasteiger partial charge in [-0.15, -0.1) is 4.91 Å². The highest BCUT2D eigenvalue weighted by Gasteiger charge is 2.00. The van der Waals surface area contributed by atoms with Crippen LogP contribution in [0.15, 0.2) is 23.4 Å². The molecule has 0 aromatic heterocycles. The molecule has 1 rings (SSSR count). The van der Waals surface area contributed by atoms with E-state index in [1.165, 1.54) is 0 Å². The van der Waals surface area contributed by atoms with Crippen LogP contribution in [0.5, 0.6) is 5.75 Å². The van der Waals surface area contributed by atoms with E-state index in [-0.39, 0.29) is 0 Å². The average Bonchev–Trinajstić information content (AvgIpc) is 2.18. The molecule has 4 heteroatoms. The summed E-state index contributed by atoms with van der Waals surface area (Å²) in [7, 11) is 1.62. The second kappa shape index (κ2) is 5.34. The maximum absolute atomic E-state index is 10.3. The Balaban J connectivity index is 2.62. The Kier molecular flexibility index (Phi) is 4.07. The minimum absolute atomic E-state index is 0.448. The topological polar surface area (TPSA) is 47.9 Å². The quantitative estimate of drug-likeness (QED) is 0.535. The van der Waals surface area contributed by atoms with Gasteiger partial charge in [0.05, 0.1) is 6.61 Å². The third-order valence-corrected chi connectivity index (χ3v) is 1.82. The van der Waals surface area contributed by atoms with Crippen LogP contribution >= 0.6 is 0 Å². The van der Waals surface area contributed by atoms with E-state index in [9.17, 15) is 4.91 Å². The molecule has 1 aromatic carbocycles. The first kappa shape index (κ1) is 10.7. The molecule has 1 aromatic rings. The molecule has 76 valence electrons. The third kappa shape index (κ3) is 2.81. The Bertz CT molecular complexity index is 312. The summed E-state index contributed by atoms with van der Waals surface area (Å²) in [4.78, 5) is 10.3. The molecule has 0 saturated heterocycles. The van der Waals surface area contributed by atoms with E-state index in [0.29, 0.717) is 18.9 Å². The molecule has 0 fully saturated rings. The molecule has 0 saturated carbocycles. The normalized spacial score (nSPS) is 9.86. The Morgan fingerprint density at radius 1 is 1.36 bits per heavy atom. The number of nitroso groups, excluding NO2 is 1. The largest absolute Gasteiger partial charge is 0.491 e. The van der Waals surface area contributed by atoms with Crippen molar-refractivity contribution in [1.29, 1.82) is 0 Å². The van der Waals surface area contributed by atoms with Crippen LogP contribution in [0.1, 0.15) is 5.56 Å². The molecule has 0 bridgehead atoms. The molecular weight excluding hydrogens is 182 g/mol. The molecule has 0 unspecified atom stereocenters. The van der Waals surface area contributed by atoms with Crippen molar-refractivity contribution < 1.29 is 9.47 Å². The lowest BCUT2D eigenvalue weighted by Gasteiger charge is -2.06. The molecule has 0 aliphatic carbocycles. The first-order valence-electron chi connectivity index (χ1n) is 4.33. The second-order valence-corrected chi connectivity index (χ2v) is 2.88. The molecule has 14 heavy (non-hydrogen) atoms. The number of benzene rings is 1. The maximum atomic E-state index is 10.3. The van der Waals surface area contributed by atoms with Gasteiger partial charge in [-0.25, -0.2) is 0 Å². The van der Waals surface area contributed by atoms with Crippen LogP contribution in [0.25, 0.3) is 0 Å². The lowest BCUT2D eigenvalue weighted by atomic mass is 10.2. The summed E-state index contributed by atoms with van der Waals surface area (Å²) >= 11 is 0. The summed E-state index contributed by atoms with van der Waals surface area (Å²) in [6.45, 7) is 2.87. The summed E-state index contributed by atoms with van der Waals surface area (Å²) in [6, 6.07) is 5.15. The number of rotatable bonds is 5. The fraction of sp³-hybridized carbons (Fsp3) is 0.400. The highest BCUT2D eigenvalue weighted by molar-refractivity contribution is 5.48. The van der Waals surface area contributed by atoms with E-state index in [2.05, 4.69) is 5.18 Å². The van der Waals surface area contributed by atoms with Crippen molar-refractivity contribution in [2.24, 2.45) is 5.18 Å². The van der Waals surface area contributed by atoms with Gasteiger partial charge in [-0.1, -0.05) is 0 Å². The van der Waals surface area contributed by atoms with Crippen LogP contribution in [0, 0.1) is 11.8 Å².